The lowest BCUT2D eigenvalue weighted by atomic mass is 9.97. The molecule has 0 radical (unpaired) electrons. The zero-order chi connectivity index (χ0) is 23.1. The Morgan fingerprint density at radius 1 is 1.15 bits per heavy atom. The van der Waals surface area contributed by atoms with Gasteiger partial charge in [-0.3, -0.25) is 14.5 Å². The molecule has 2 aliphatic rings. The Balaban J connectivity index is 1.38. The minimum atomic E-state index is -0.753. The molecular weight excluding hydrogens is 465 g/mol. The van der Waals surface area contributed by atoms with Gasteiger partial charge in [-0.25, -0.2) is 4.39 Å². The van der Waals surface area contributed by atoms with Crippen molar-refractivity contribution in [3.63, 3.8) is 0 Å². The maximum absolute atomic E-state index is 14.9. The number of carbonyl (C=O) groups is 2. The van der Waals surface area contributed by atoms with E-state index in [9.17, 15) is 19.1 Å². The van der Waals surface area contributed by atoms with Crippen LogP contribution in [0.3, 0.4) is 0 Å². The number of piperidine rings is 1. The summed E-state index contributed by atoms with van der Waals surface area (Å²) >= 11 is 7.60. The number of aromatic nitrogens is 1. The SMILES string of the molecule is O=C(O)C1CCN(CC(=O)N2CCc3c(n(Cc4ccc(Cl)s4)c4c(F)cccc34)C2)CC1. The number of hydrogen-bond acceptors (Lipinski definition) is 4. The predicted molar refractivity (Wildman–Crippen MR) is 126 cm³/mol. The fraction of sp³-hybridized carbons (Fsp3) is 0.417. The lowest BCUT2D eigenvalue weighted by Crippen LogP contribution is -2.45. The van der Waals surface area contributed by atoms with Crippen molar-refractivity contribution in [1.82, 2.24) is 14.4 Å². The fourth-order valence-corrected chi connectivity index (χ4v) is 6.14. The number of para-hydroxylation sites is 1. The van der Waals surface area contributed by atoms with Crippen molar-refractivity contribution in [2.75, 3.05) is 26.2 Å². The summed E-state index contributed by atoms with van der Waals surface area (Å²) < 4.78 is 17.6. The third kappa shape index (κ3) is 4.39. The second-order valence-electron chi connectivity index (χ2n) is 8.81. The molecule has 1 amide bonds. The van der Waals surface area contributed by atoms with E-state index in [2.05, 4.69) is 0 Å². The van der Waals surface area contributed by atoms with Crippen LogP contribution in [0.2, 0.25) is 4.34 Å². The van der Waals surface area contributed by atoms with Crippen LogP contribution in [0.25, 0.3) is 10.9 Å². The minimum absolute atomic E-state index is 0.0332. The molecule has 6 nitrogen and oxygen atoms in total. The van der Waals surface area contributed by atoms with Gasteiger partial charge in [-0.2, -0.15) is 0 Å². The van der Waals surface area contributed by atoms with Gasteiger partial charge in [0.05, 0.1) is 35.4 Å². The van der Waals surface area contributed by atoms with Crippen LogP contribution >= 0.6 is 22.9 Å². The number of fused-ring (bicyclic) bond motifs is 3. The largest absolute Gasteiger partial charge is 0.481 e. The molecule has 2 aliphatic heterocycles. The number of thiophene rings is 1. The number of aliphatic carboxylic acids is 1. The highest BCUT2D eigenvalue weighted by Gasteiger charge is 2.30. The van der Waals surface area contributed by atoms with Gasteiger partial charge < -0.3 is 14.6 Å². The van der Waals surface area contributed by atoms with Crippen LogP contribution in [0.1, 0.15) is 29.0 Å². The Hall–Kier alpha value is -2.42. The van der Waals surface area contributed by atoms with E-state index in [0.717, 1.165) is 21.5 Å². The van der Waals surface area contributed by atoms with Crippen molar-refractivity contribution in [2.45, 2.75) is 32.4 Å². The highest BCUT2D eigenvalue weighted by Crippen LogP contribution is 2.34. The number of likely N-dealkylation sites (tertiary alicyclic amines) is 1. The summed E-state index contributed by atoms with van der Waals surface area (Å²) in [6, 6.07) is 8.98. The number of benzene rings is 1. The normalized spacial score (nSPS) is 17.5. The van der Waals surface area contributed by atoms with E-state index in [1.807, 2.05) is 32.6 Å². The molecule has 0 bridgehead atoms. The van der Waals surface area contributed by atoms with Gasteiger partial charge in [0.15, 0.2) is 0 Å². The molecule has 2 aromatic heterocycles. The third-order valence-corrected chi connectivity index (χ3v) is 8.04. The maximum atomic E-state index is 14.9. The van der Waals surface area contributed by atoms with Crippen LogP contribution in [0.4, 0.5) is 4.39 Å². The van der Waals surface area contributed by atoms with E-state index in [1.54, 1.807) is 6.07 Å². The number of halogens is 2. The molecule has 0 aliphatic carbocycles. The topological polar surface area (TPSA) is 65.8 Å². The predicted octanol–water partition coefficient (Wildman–Crippen LogP) is 4.22. The monoisotopic (exact) mass is 489 g/mol. The standard InChI is InChI=1S/C24H25ClFN3O3S/c25-21-5-4-16(33-21)12-29-20-13-28(11-8-17(20)18-2-1-3-19(26)23(18)29)22(30)14-27-9-6-15(7-10-27)24(31)32/h1-5,15H,6-14H2,(H,31,32). The van der Waals surface area contributed by atoms with E-state index in [4.69, 9.17) is 11.6 Å². The summed E-state index contributed by atoms with van der Waals surface area (Å²) in [4.78, 5) is 29.2. The minimum Gasteiger partial charge on any atom is -0.481 e. The lowest BCUT2D eigenvalue weighted by Gasteiger charge is -2.33. The highest BCUT2D eigenvalue weighted by atomic mass is 35.5. The van der Waals surface area contributed by atoms with Crippen molar-refractivity contribution >= 4 is 45.7 Å². The van der Waals surface area contributed by atoms with Gasteiger partial charge in [0, 0.05) is 22.5 Å². The van der Waals surface area contributed by atoms with Crippen LogP contribution < -0.4 is 0 Å². The van der Waals surface area contributed by atoms with Gasteiger partial charge in [0.2, 0.25) is 5.91 Å². The van der Waals surface area contributed by atoms with Gasteiger partial charge >= 0.3 is 5.97 Å². The quantitative estimate of drug-likeness (QED) is 0.582. The number of amides is 1. The molecule has 1 fully saturated rings. The van der Waals surface area contributed by atoms with Gasteiger partial charge in [0.1, 0.15) is 5.82 Å². The molecule has 1 N–H and O–H groups in total. The van der Waals surface area contributed by atoms with E-state index >= 15 is 0 Å². The molecule has 33 heavy (non-hydrogen) atoms. The number of rotatable bonds is 5. The molecule has 0 spiro atoms. The second-order valence-corrected chi connectivity index (χ2v) is 10.6. The lowest BCUT2D eigenvalue weighted by molar-refractivity contribution is -0.143. The summed E-state index contributed by atoms with van der Waals surface area (Å²) in [5, 5.41) is 10.1. The molecule has 174 valence electrons. The fourth-order valence-electron chi connectivity index (χ4n) is 5.06. The average molecular weight is 490 g/mol. The van der Waals surface area contributed by atoms with Crippen LogP contribution in [0.5, 0.6) is 0 Å². The third-order valence-electron chi connectivity index (χ3n) is 6.82. The Bertz CT molecular complexity index is 1220. The Morgan fingerprint density at radius 2 is 1.94 bits per heavy atom. The molecule has 5 rings (SSSR count). The summed E-state index contributed by atoms with van der Waals surface area (Å²) in [6.45, 7) is 3.06. The molecule has 0 saturated carbocycles. The molecule has 1 aromatic carbocycles. The first-order valence-electron chi connectivity index (χ1n) is 11.2. The van der Waals surface area contributed by atoms with Crippen LogP contribution in [0, 0.1) is 11.7 Å². The van der Waals surface area contributed by atoms with Crippen molar-refractivity contribution < 1.29 is 19.1 Å². The number of hydrogen-bond donors (Lipinski definition) is 1. The van der Waals surface area contributed by atoms with E-state index in [-0.39, 0.29) is 24.2 Å². The summed E-state index contributed by atoms with van der Waals surface area (Å²) in [6.07, 6.45) is 1.83. The maximum Gasteiger partial charge on any atom is 0.306 e. The number of nitrogens with zero attached hydrogens (tertiary/aromatic N) is 3. The smallest absolute Gasteiger partial charge is 0.306 e. The molecular formula is C24H25ClFN3O3S. The van der Waals surface area contributed by atoms with Crippen LogP contribution in [-0.4, -0.2) is 57.5 Å². The van der Waals surface area contributed by atoms with Crippen molar-refractivity contribution in [1.29, 1.82) is 0 Å². The zero-order valence-electron chi connectivity index (χ0n) is 18.1. The van der Waals surface area contributed by atoms with Crippen molar-refractivity contribution in [3.05, 3.63) is 56.6 Å². The Kier molecular flexibility index (Phi) is 6.16. The van der Waals surface area contributed by atoms with Crippen molar-refractivity contribution in [2.24, 2.45) is 5.92 Å². The number of carboxylic acid groups (broad SMARTS) is 1. The van der Waals surface area contributed by atoms with E-state index < -0.39 is 5.97 Å². The van der Waals surface area contributed by atoms with Crippen LogP contribution in [-0.2, 0) is 29.1 Å². The van der Waals surface area contributed by atoms with E-state index in [1.165, 1.54) is 17.4 Å². The molecule has 0 atom stereocenters. The second kappa shape index (κ2) is 9.08. The number of carboxylic acids is 1. The average Bonchev–Trinajstić information content (AvgIpc) is 3.35. The van der Waals surface area contributed by atoms with Gasteiger partial charge in [-0.05, 0) is 56.1 Å². The first-order chi connectivity index (χ1) is 15.9. The summed E-state index contributed by atoms with van der Waals surface area (Å²) in [5.41, 5.74) is 2.67. The van der Waals surface area contributed by atoms with Crippen molar-refractivity contribution in [3.8, 4) is 0 Å². The molecule has 4 heterocycles. The summed E-state index contributed by atoms with van der Waals surface area (Å²) in [7, 11) is 0. The Labute approximate surface area is 200 Å². The summed E-state index contributed by atoms with van der Waals surface area (Å²) in [5.74, 6) is -1.29. The molecule has 9 heteroatoms. The first-order valence-corrected chi connectivity index (χ1v) is 12.4. The zero-order valence-corrected chi connectivity index (χ0v) is 19.7. The van der Waals surface area contributed by atoms with Gasteiger partial charge in [0.25, 0.3) is 0 Å². The van der Waals surface area contributed by atoms with Crippen LogP contribution in [0.15, 0.2) is 30.3 Å². The molecule has 1 saturated heterocycles. The molecule has 3 aromatic rings. The van der Waals surface area contributed by atoms with Gasteiger partial charge in [-0.1, -0.05) is 23.7 Å². The highest BCUT2D eigenvalue weighted by molar-refractivity contribution is 7.16. The Morgan fingerprint density at radius 3 is 2.64 bits per heavy atom. The first kappa shape index (κ1) is 22.4. The van der Waals surface area contributed by atoms with E-state index in [0.29, 0.717) is 61.8 Å². The van der Waals surface area contributed by atoms with Gasteiger partial charge in [-0.15, -0.1) is 11.3 Å². The number of carbonyl (C=O) groups excluding carboxylic acids is 1. The molecule has 0 unspecified atom stereocenters.